The minimum Gasteiger partial charge on any atom is -0.507 e. The molecule has 0 atom stereocenters. The summed E-state index contributed by atoms with van der Waals surface area (Å²) in [5.74, 6) is 0.346. The van der Waals surface area contributed by atoms with Crippen molar-refractivity contribution in [2.45, 2.75) is 0 Å². The second-order valence-electron chi connectivity index (χ2n) is 5.61. The second-order valence-corrected chi connectivity index (χ2v) is 5.61. The summed E-state index contributed by atoms with van der Waals surface area (Å²) in [7, 11) is 0. The Hall–Kier alpha value is -2.80. The van der Waals surface area contributed by atoms with E-state index in [0.29, 0.717) is 5.75 Å². The van der Waals surface area contributed by atoms with Gasteiger partial charge >= 0.3 is 0 Å². The lowest BCUT2D eigenvalue weighted by Gasteiger charge is -2.06. The van der Waals surface area contributed by atoms with E-state index in [-0.39, 0.29) is 0 Å². The number of fused-ring (bicyclic) bond motifs is 4. The highest BCUT2D eigenvalue weighted by Crippen LogP contribution is 2.48. The van der Waals surface area contributed by atoms with Gasteiger partial charge in [-0.3, -0.25) is 0 Å². The fourth-order valence-corrected chi connectivity index (χ4v) is 3.54. The summed E-state index contributed by atoms with van der Waals surface area (Å²) in [6.07, 6.45) is 0. The van der Waals surface area contributed by atoms with Crippen LogP contribution in [0.15, 0.2) is 66.7 Å². The maximum Gasteiger partial charge on any atom is 0.123 e. The van der Waals surface area contributed by atoms with Gasteiger partial charge in [0.2, 0.25) is 0 Å². The number of phenols is 1. The summed E-state index contributed by atoms with van der Waals surface area (Å²) < 4.78 is 0. The van der Waals surface area contributed by atoms with Gasteiger partial charge in [-0.05, 0) is 56.6 Å². The number of aromatic hydroxyl groups is 1. The lowest BCUT2D eigenvalue weighted by atomic mass is 9.98. The molecule has 0 spiro atoms. The molecule has 0 radical (unpaired) electrons. The van der Waals surface area contributed by atoms with Gasteiger partial charge in [0, 0.05) is 5.39 Å². The first-order chi connectivity index (χ1) is 10.3. The van der Waals surface area contributed by atoms with Crippen molar-refractivity contribution in [3.8, 4) is 28.0 Å². The smallest absolute Gasteiger partial charge is 0.123 e. The van der Waals surface area contributed by atoms with Gasteiger partial charge in [0.15, 0.2) is 0 Å². The lowest BCUT2D eigenvalue weighted by molar-refractivity contribution is 0.481. The summed E-state index contributed by atoms with van der Waals surface area (Å²) in [6, 6.07) is 22.9. The van der Waals surface area contributed by atoms with Gasteiger partial charge in [0.25, 0.3) is 0 Å². The van der Waals surface area contributed by atoms with Crippen LogP contribution in [0.25, 0.3) is 43.8 Å². The molecule has 1 N–H and O–H groups in total. The van der Waals surface area contributed by atoms with E-state index in [1.807, 2.05) is 6.07 Å². The van der Waals surface area contributed by atoms with Crippen LogP contribution in [0.1, 0.15) is 0 Å². The molecule has 4 aromatic carbocycles. The fourth-order valence-electron chi connectivity index (χ4n) is 3.54. The van der Waals surface area contributed by atoms with Crippen LogP contribution in [-0.2, 0) is 0 Å². The van der Waals surface area contributed by atoms with Gasteiger partial charge in [0.1, 0.15) is 5.75 Å². The van der Waals surface area contributed by atoms with Crippen LogP contribution < -0.4 is 0 Å². The topological polar surface area (TPSA) is 20.2 Å². The fraction of sp³-hybridized carbons (Fsp3) is 0. The van der Waals surface area contributed by atoms with Gasteiger partial charge in [-0.15, -0.1) is 0 Å². The predicted molar refractivity (Wildman–Crippen MR) is 87.5 cm³/mol. The van der Waals surface area contributed by atoms with Crippen LogP contribution in [0.5, 0.6) is 5.75 Å². The molecular weight excluding hydrogens is 256 g/mol. The highest BCUT2D eigenvalue weighted by Gasteiger charge is 2.21. The molecular formula is C20H12O. The van der Waals surface area contributed by atoms with E-state index in [4.69, 9.17) is 0 Å². The maximum absolute atomic E-state index is 10.1. The lowest BCUT2D eigenvalue weighted by Crippen LogP contribution is -1.80. The van der Waals surface area contributed by atoms with Crippen molar-refractivity contribution in [1.29, 1.82) is 0 Å². The summed E-state index contributed by atoms with van der Waals surface area (Å²) >= 11 is 0. The monoisotopic (exact) mass is 268 g/mol. The molecule has 0 aromatic heterocycles. The van der Waals surface area contributed by atoms with Crippen molar-refractivity contribution in [3.05, 3.63) is 66.7 Å². The summed E-state index contributed by atoms with van der Waals surface area (Å²) in [6.45, 7) is 0. The van der Waals surface area contributed by atoms with Crippen LogP contribution in [0.2, 0.25) is 0 Å². The Morgan fingerprint density at radius 1 is 0.571 bits per heavy atom. The highest BCUT2D eigenvalue weighted by atomic mass is 16.3. The molecule has 0 bridgehead atoms. The SMILES string of the molecule is Oc1cccc2cc3c(cc12)-c1cccc2cccc-3c12. The van der Waals surface area contributed by atoms with E-state index < -0.39 is 0 Å². The number of hydrogen-bond donors (Lipinski definition) is 1. The first kappa shape index (κ1) is 10.9. The molecule has 1 aliphatic carbocycles. The minimum absolute atomic E-state index is 0.346. The Kier molecular flexibility index (Phi) is 1.90. The summed E-state index contributed by atoms with van der Waals surface area (Å²) in [4.78, 5) is 0. The number of rotatable bonds is 0. The Morgan fingerprint density at radius 3 is 1.95 bits per heavy atom. The average Bonchev–Trinajstić information content (AvgIpc) is 2.83. The third-order valence-corrected chi connectivity index (χ3v) is 4.48. The predicted octanol–water partition coefficient (Wildman–Crippen LogP) is 5.35. The minimum atomic E-state index is 0.346. The standard InChI is InChI=1S/C20H12O/c21-19-9-3-6-13-10-17-14-7-1-4-12-5-2-8-15(20(12)14)18(17)11-16(13)19/h1-11,21H. The van der Waals surface area contributed by atoms with E-state index in [2.05, 4.69) is 54.6 Å². The Labute approximate surface area is 122 Å². The molecule has 4 aromatic rings. The van der Waals surface area contributed by atoms with Crippen LogP contribution in [0.3, 0.4) is 0 Å². The van der Waals surface area contributed by atoms with E-state index in [0.717, 1.165) is 10.8 Å². The molecule has 0 saturated heterocycles. The third-order valence-electron chi connectivity index (χ3n) is 4.48. The van der Waals surface area contributed by atoms with Crippen LogP contribution in [0.4, 0.5) is 0 Å². The molecule has 0 heterocycles. The van der Waals surface area contributed by atoms with Crippen LogP contribution >= 0.6 is 0 Å². The van der Waals surface area contributed by atoms with Crippen molar-refractivity contribution in [3.63, 3.8) is 0 Å². The van der Waals surface area contributed by atoms with Crippen molar-refractivity contribution in [2.24, 2.45) is 0 Å². The zero-order chi connectivity index (χ0) is 14.0. The number of benzene rings is 4. The average molecular weight is 268 g/mol. The molecule has 1 aliphatic rings. The maximum atomic E-state index is 10.1. The van der Waals surface area contributed by atoms with E-state index in [1.54, 1.807) is 6.07 Å². The van der Waals surface area contributed by atoms with E-state index >= 15 is 0 Å². The van der Waals surface area contributed by atoms with Crippen LogP contribution in [-0.4, -0.2) is 5.11 Å². The Bertz CT molecular complexity index is 1040. The summed E-state index contributed by atoms with van der Waals surface area (Å²) in [5.41, 5.74) is 5.04. The van der Waals surface area contributed by atoms with E-state index in [1.165, 1.54) is 33.0 Å². The Balaban J connectivity index is 2.01. The zero-order valence-electron chi connectivity index (χ0n) is 11.3. The Morgan fingerprint density at radius 2 is 1.19 bits per heavy atom. The van der Waals surface area contributed by atoms with Crippen molar-refractivity contribution in [1.82, 2.24) is 0 Å². The molecule has 1 nitrogen and oxygen atoms in total. The number of phenolic OH excluding ortho intramolecular Hbond substituents is 1. The third kappa shape index (κ3) is 1.30. The van der Waals surface area contributed by atoms with Crippen molar-refractivity contribution in [2.75, 3.05) is 0 Å². The molecule has 5 rings (SSSR count). The van der Waals surface area contributed by atoms with Crippen molar-refractivity contribution >= 4 is 21.5 Å². The van der Waals surface area contributed by atoms with Gasteiger partial charge in [-0.2, -0.15) is 0 Å². The molecule has 0 aliphatic heterocycles. The first-order valence-corrected chi connectivity index (χ1v) is 7.11. The molecule has 1 heteroatoms. The molecule has 0 unspecified atom stereocenters. The molecule has 98 valence electrons. The van der Waals surface area contributed by atoms with Gasteiger partial charge in [0.05, 0.1) is 0 Å². The van der Waals surface area contributed by atoms with Gasteiger partial charge in [-0.25, -0.2) is 0 Å². The quantitative estimate of drug-likeness (QED) is 0.401. The van der Waals surface area contributed by atoms with Gasteiger partial charge in [-0.1, -0.05) is 48.5 Å². The van der Waals surface area contributed by atoms with Crippen LogP contribution in [0, 0.1) is 0 Å². The van der Waals surface area contributed by atoms with Gasteiger partial charge < -0.3 is 5.11 Å². The normalized spacial score (nSPS) is 12.0. The molecule has 0 amide bonds. The largest absolute Gasteiger partial charge is 0.507 e. The molecule has 0 saturated carbocycles. The van der Waals surface area contributed by atoms with E-state index in [9.17, 15) is 5.11 Å². The highest BCUT2D eigenvalue weighted by molar-refractivity contribution is 6.17. The second kappa shape index (κ2) is 3.64. The first-order valence-electron chi connectivity index (χ1n) is 7.11. The van der Waals surface area contributed by atoms with Crippen molar-refractivity contribution < 1.29 is 5.11 Å². The number of hydrogen-bond acceptors (Lipinski definition) is 1. The zero-order valence-corrected chi connectivity index (χ0v) is 11.3. The molecule has 0 fully saturated rings. The summed E-state index contributed by atoms with van der Waals surface area (Å²) in [5, 5.41) is 14.7. The molecule has 21 heavy (non-hydrogen) atoms.